The Morgan fingerprint density at radius 2 is 1.81 bits per heavy atom. The van der Waals surface area contributed by atoms with Gasteiger partial charge in [-0.1, -0.05) is 0 Å². The van der Waals surface area contributed by atoms with Crippen LogP contribution < -0.4 is 5.32 Å². The number of likely N-dealkylation sites (N-methyl/N-ethyl adjacent to an activating group) is 1. The summed E-state index contributed by atoms with van der Waals surface area (Å²) in [5, 5.41) is 2.92. The van der Waals surface area contributed by atoms with E-state index in [4.69, 9.17) is 0 Å². The van der Waals surface area contributed by atoms with Gasteiger partial charge in [-0.2, -0.15) is 0 Å². The van der Waals surface area contributed by atoms with Gasteiger partial charge in [0.15, 0.2) is 5.78 Å². The number of likely N-dealkylation sites (tertiary alicyclic amines) is 1. The van der Waals surface area contributed by atoms with Crippen molar-refractivity contribution in [3.05, 3.63) is 35.6 Å². The number of amides is 1. The van der Waals surface area contributed by atoms with Gasteiger partial charge in [0, 0.05) is 25.1 Å². The van der Waals surface area contributed by atoms with Gasteiger partial charge in [0.2, 0.25) is 5.91 Å². The largest absolute Gasteiger partial charge is 0.342 e. The zero-order valence-corrected chi connectivity index (χ0v) is 16.5. The molecular formula is C18H26Cl2FN3O2. The molecule has 0 unspecified atom stereocenters. The van der Waals surface area contributed by atoms with Crippen molar-refractivity contribution in [2.45, 2.75) is 31.2 Å². The molecule has 3 rings (SSSR count). The van der Waals surface area contributed by atoms with E-state index in [2.05, 4.69) is 15.1 Å². The molecule has 1 amide bonds. The average molecular weight is 406 g/mol. The lowest BCUT2D eigenvalue weighted by Gasteiger charge is -2.41. The summed E-state index contributed by atoms with van der Waals surface area (Å²) in [4.78, 5) is 28.6. The minimum atomic E-state index is -0.333. The van der Waals surface area contributed by atoms with Crippen molar-refractivity contribution in [1.82, 2.24) is 15.1 Å². The van der Waals surface area contributed by atoms with Gasteiger partial charge >= 0.3 is 0 Å². The van der Waals surface area contributed by atoms with Crippen LogP contribution >= 0.6 is 24.8 Å². The third kappa shape index (κ3) is 4.74. The SMILES string of the molecule is CN1CNC(=O)C12CCN(CCCC(=O)c1ccc(F)cc1)CC2.Cl.Cl. The van der Waals surface area contributed by atoms with Gasteiger partial charge in [-0.25, -0.2) is 4.39 Å². The van der Waals surface area contributed by atoms with Crippen LogP contribution in [0.1, 0.15) is 36.0 Å². The second-order valence-electron chi connectivity index (χ2n) is 6.77. The molecule has 0 radical (unpaired) electrons. The molecule has 5 nitrogen and oxygen atoms in total. The van der Waals surface area contributed by atoms with Crippen LogP contribution in [-0.4, -0.2) is 60.4 Å². The van der Waals surface area contributed by atoms with Crippen LogP contribution in [0.2, 0.25) is 0 Å². The topological polar surface area (TPSA) is 52.7 Å². The lowest BCUT2D eigenvalue weighted by atomic mass is 9.86. The second-order valence-corrected chi connectivity index (χ2v) is 6.77. The quantitative estimate of drug-likeness (QED) is 0.764. The van der Waals surface area contributed by atoms with Crippen LogP contribution in [0.15, 0.2) is 24.3 Å². The van der Waals surface area contributed by atoms with Gasteiger partial charge in [-0.3, -0.25) is 14.5 Å². The minimum Gasteiger partial charge on any atom is -0.342 e. The summed E-state index contributed by atoms with van der Waals surface area (Å²) in [5.41, 5.74) is 0.235. The molecule has 8 heteroatoms. The van der Waals surface area contributed by atoms with Crippen molar-refractivity contribution in [2.75, 3.05) is 33.4 Å². The van der Waals surface area contributed by atoms with Crippen LogP contribution in [-0.2, 0) is 4.79 Å². The molecule has 1 aromatic carbocycles. The normalized spacial score (nSPS) is 19.5. The number of hydrogen-bond donors (Lipinski definition) is 1. The molecule has 0 saturated carbocycles. The Morgan fingerprint density at radius 3 is 2.35 bits per heavy atom. The number of Topliss-reactive ketones (excluding diaryl/α,β-unsaturated/α-hetero) is 1. The van der Waals surface area contributed by atoms with Gasteiger partial charge in [0.05, 0.1) is 6.67 Å². The first-order valence-electron chi connectivity index (χ1n) is 8.52. The Hall–Kier alpha value is -1.21. The number of nitrogens with one attached hydrogen (secondary N) is 1. The van der Waals surface area contributed by atoms with Crippen molar-refractivity contribution >= 4 is 36.5 Å². The maximum Gasteiger partial charge on any atom is 0.241 e. The fraction of sp³-hybridized carbons (Fsp3) is 0.556. The summed E-state index contributed by atoms with van der Waals surface area (Å²) in [5.74, 6) is -0.121. The average Bonchev–Trinajstić information content (AvgIpc) is 2.85. The van der Waals surface area contributed by atoms with Gasteiger partial charge in [0.1, 0.15) is 11.4 Å². The van der Waals surface area contributed by atoms with E-state index >= 15 is 0 Å². The Morgan fingerprint density at radius 1 is 1.19 bits per heavy atom. The molecule has 0 bridgehead atoms. The molecule has 2 saturated heterocycles. The van der Waals surface area contributed by atoms with Crippen LogP contribution in [0.5, 0.6) is 0 Å². The highest BCUT2D eigenvalue weighted by atomic mass is 35.5. The number of ketones is 1. The zero-order valence-electron chi connectivity index (χ0n) is 14.9. The fourth-order valence-electron chi connectivity index (χ4n) is 3.68. The van der Waals surface area contributed by atoms with Crippen molar-refractivity contribution in [3.63, 3.8) is 0 Å². The van der Waals surface area contributed by atoms with Crippen molar-refractivity contribution in [1.29, 1.82) is 0 Å². The molecule has 0 aromatic heterocycles. The third-order valence-electron chi connectivity index (χ3n) is 5.36. The molecule has 2 aliphatic heterocycles. The number of hydrogen-bond acceptors (Lipinski definition) is 4. The lowest BCUT2D eigenvalue weighted by Crippen LogP contribution is -2.55. The Balaban J connectivity index is 0.00000169. The first kappa shape index (κ1) is 22.8. The monoisotopic (exact) mass is 405 g/mol. The van der Waals surface area contributed by atoms with E-state index in [9.17, 15) is 14.0 Å². The number of benzene rings is 1. The van der Waals surface area contributed by atoms with E-state index in [-0.39, 0.29) is 47.9 Å². The number of piperidine rings is 1. The Kier molecular flexibility index (Phi) is 8.47. The molecule has 146 valence electrons. The molecule has 1 N–H and O–H groups in total. The van der Waals surface area contributed by atoms with Crippen molar-refractivity contribution in [3.8, 4) is 0 Å². The Bertz CT molecular complexity index is 619. The highest BCUT2D eigenvalue weighted by Gasteiger charge is 2.48. The molecule has 1 aromatic rings. The molecule has 0 atom stereocenters. The molecule has 26 heavy (non-hydrogen) atoms. The van der Waals surface area contributed by atoms with E-state index in [1.54, 1.807) is 0 Å². The zero-order chi connectivity index (χ0) is 17.2. The molecule has 2 heterocycles. The van der Waals surface area contributed by atoms with Crippen LogP contribution in [0, 0.1) is 5.82 Å². The summed E-state index contributed by atoms with van der Waals surface area (Å²) in [7, 11) is 1.99. The summed E-state index contributed by atoms with van der Waals surface area (Å²) >= 11 is 0. The molecular weight excluding hydrogens is 380 g/mol. The van der Waals surface area contributed by atoms with E-state index < -0.39 is 0 Å². The highest BCUT2D eigenvalue weighted by Crippen LogP contribution is 2.31. The molecule has 1 spiro atoms. The smallest absolute Gasteiger partial charge is 0.241 e. The van der Waals surface area contributed by atoms with Crippen molar-refractivity contribution in [2.24, 2.45) is 0 Å². The van der Waals surface area contributed by atoms with E-state index in [1.807, 2.05) is 7.05 Å². The molecule has 0 aliphatic carbocycles. The molecule has 2 aliphatic rings. The lowest BCUT2D eigenvalue weighted by molar-refractivity contribution is -0.128. The predicted molar refractivity (Wildman–Crippen MR) is 104 cm³/mol. The van der Waals surface area contributed by atoms with E-state index in [0.717, 1.165) is 38.9 Å². The Labute approximate surface area is 166 Å². The van der Waals surface area contributed by atoms with Gasteiger partial charge in [-0.15, -0.1) is 24.8 Å². The fourth-order valence-corrected chi connectivity index (χ4v) is 3.68. The van der Waals surface area contributed by atoms with E-state index in [0.29, 0.717) is 18.7 Å². The third-order valence-corrected chi connectivity index (χ3v) is 5.36. The maximum atomic E-state index is 12.9. The van der Waals surface area contributed by atoms with Crippen LogP contribution in [0.25, 0.3) is 0 Å². The summed E-state index contributed by atoms with van der Waals surface area (Å²) < 4.78 is 12.9. The second kappa shape index (κ2) is 9.65. The number of halogens is 3. The first-order valence-corrected chi connectivity index (χ1v) is 8.52. The summed E-state index contributed by atoms with van der Waals surface area (Å²) in [6, 6.07) is 5.72. The van der Waals surface area contributed by atoms with E-state index in [1.165, 1.54) is 24.3 Å². The van der Waals surface area contributed by atoms with Gasteiger partial charge < -0.3 is 10.2 Å². The number of rotatable bonds is 5. The summed E-state index contributed by atoms with van der Waals surface area (Å²) in [6.07, 6.45) is 2.92. The summed E-state index contributed by atoms with van der Waals surface area (Å²) in [6.45, 7) is 3.24. The predicted octanol–water partition coefficient (Wildman–Crippen LogP) is 2.49. The van der Waals surface area contributed by atoms with Crippen molar-refractivity contribution < 1.29 is 14.0 Å². The maximum absolute atomic E-state index is 12.9. The number of nitrogens with zero attached hydrogens (tertiary/aromatic N) is 2. The number of carbonyl (C=O) groups is 2. The van der Waals surface area contributed by atoms with Gasteiger partial charge in [-0.05, 0) is 57.1 Å². The van der Waals surface area contributed by atoms with Crippen LogP contribution in [0.3, 0.4) is 0 Å². The standard InChI is InChI=1S/C18H24FN3O2.2ClH/c1-21-13-20-17(24)18(21)8-11-22(12-9-18)10-2-3-16(23)14-4-6-15(19)7-5-14;;/h4-7H,2-3,8-13H2,1H3,(H,20,24);2*1H. The van der Waals surface area contributed by atoms with Gasteiger partial charge in [0.25, 0.3) is 0 Å². The number of carbonyl (C=O) groups excluding carboxylic acids is 2. The molecule has 2 fully saturated rings. The van der Waals surface area contributed by atoms with Crippen LogP contribution in [0.4, 0.5) is 4.39 Å². The first-order chi connectivity index (χ1) is 11.5. The highest BCUT2D eigenvalue weighted by molar-refractivity contribution is 5.96. The minimum absolute atomic E-state index is 0.